The topological polar surface area (TPSA) is 42.4 Å². The first-order chi connectivity index (χ1) is 11.7. The van der Waals surface area contributed by atoms with E-state index in [0.29, 0.717) is 26.3 Å². The molecule has 0 aromatic carbocycles. The highest BCUT2D eigenvalue weighted by atomic mass is 16.5. The predicted octanol–water partition coefficient (Wildman–Crippen LogP) is 3.02. The first-order valence-electron chi connectivity index (χ1n) is 9.55. The van der Waals surface area contributed by atoms with E-state index in [1.165, 1.54) is 44.2 Å². The lowest BCUT2D eigenvalue weighted by Gasteiger charge is -2.56. The summed E-state index contributed by atoms with van der Waals surface area (Å²) in [6.07, 6.45) is 10.0. The summed E-state index contributed by atoms with van der Waals surface area (Å²) in [4.78, 5) is 19.5. The van der Waals surface area contributed by atoms with Crippen LogP contribution in [0.4, 0.5) is 0 Å². The SMILES string of the molecule is O=C(c1ccnc(C23CC4CC(CC(C4)C2)C3)c1)N1CCOCC1. The van der Waals surface area contributed by atoms with Gasteiger partial charge >= 0.3 is 0 Å². The van der Waals surface area contributed by atoms with Crippen molar-refractivity contribution in [3.8, 4) is 0 Å². The van der Waals surface area contributed by atoms with Crippen molar-refractivity contribution in [2.45, 2.75) is 43.9 Å². The van der Waals surface area contributed by atoms with Crippen molar-refractivity contribution in [2.75, 3.05) is 26.3 Å². The molecule has 1 aromatic heterocycles. The highest BCUT2D eigenvalue weighted by molar-refractivity contribution is 5.94. The molecule has 4 heteroatoms. The number of morpholine rings is 1. The molecule has 0 atom stereocenters. The molecule has 4 nitrogen and oxygen atoms in total. The third-order valence-corrected chi connectivity index (χ3v) is 6.89. The normalized spacial score (nSPS) is 37.7. The predicted molar refractivity (Wildman–Crippen MR) is 90.8 cm³/mol. The van der Waals surface area contributed by atoms with Gasteiger partial charge in [0.25, 0.3) is 5.91 Å². The summed E-state index contributed by atoms with van der Waals surface area (Å²) in [5.74, 6) is 2.84. The molecule has 5 aliphatic rings. The number of pyridine rings is 1. The Morgan fingerprint density at radius 2 is 1.71 bits per heavy atom. The minimum Gasteiger partial charge on any atom is -0.378 e. The maximum atomic E-state index is 12.8. The second-order valence-electron chi connectivity index (χ2n) is 8.53. The molecule has 4 saturated carbocycles. The highest BCUT2D eigenvalue weighted by Gasteiger charge is 2.52. The number of amides is 1. The van der Waals surface area contributed by atoms with Crippen molar-refractivity contribution in [3.05, 3.63) is 29.6 Å². The summed E-state index contributed by atoms with van der Waals surface area (Å²) in [5.41, 5.74) is 2.27. The Kier molecular flexibility index (Phi) is 3.44. The van der Waals surface area contributed by atoms with Gasteiger partial charge in [0.1, 0.15) is 0 Å². The Morgan fingerprint density at radius 3 is 2.33 bits per heavy atom. The molecule has 1 amide bonds. The number of aromatic nitrogens is 1. The largest absolute Gasteiger partial charge is 0.378 e. The van der Waals surface area contributed by atoms with Gasteiger partial charge in [-0.05, 0) is 68.4 Å². The Hall–Kier alpha value is -1.42. The zero-order chi connectivity index (χ0) is 16.1. The van der Waals surface area contributed by atoms with E-state index in [-0.39, 0.29) is 11.3 Å². The summed E-state index contributed by atoms with van der Waals surface area (Å²) >= 11 is 0. The molecule has 0 unspecified atom stereocenters. The third-order valence-electron chi connectivity index (χ3n) is 6.89. The van der Waals surface area contributed by atoms with Gasteiger partial charge in [-0.3, -0.25) is 9.78 Å². The molecule has 6 rings (SSSR count). The van der Waals surface area contributed by atoms with Crippen LogP contribution in [0, 0.1) is 17.8 Å². The Balaban J connectivity index is 1.44. The number of hydrogen-bond donors (Lipinski definition) is 0. The maximum Gasteiger partial charge on any atom is 0.254 e. The van der Waals surface area contributed by atoms with Gasteiger partial charge in [-0.2, -0.15) is 0 Å². The van der Waals surface area contributed by atoms with E-state index >= 15 is 0 Å². The van der Waals surface area contributed by atoms with Crippen LogP contribution in [0.2, 0.25) is 0 Å². The van der Waals surface area contributed by atoms with Crippen LogP contribution in [0.3, 0.4) is 0 Å². The van der Waals surface area contributed by atoms with Crippen molar-refractivity contribution < 1.29 is 9.53 Å². The van der Waals surface area contributed by atoms with E-state index in [2.05, 4.69) is 6.07 Å². The zero-order valence-electron chi connectivity index (χ0n) is 14.2. The van der Waals surface area contributed by atoms with Crippen molar-refractivity contribution in [2.24, 2.45) is 17.8 Å². The zero-order valence-corrected chi connectivity index (χ0v) is 14.2. The van der Waals surface area contributed by atoms with Gasteiger partial charge in [0.05, 0.1) is 13.2 Å². The fourth-order valence-electron chi connectivity index (χ4n) is 6.23. The minimum atomic E-state index is 0.145. The van der Waals surface area contributed by atoms with E-state index in [4.69, 9.17) is 9.72 Å². The number of nitrogens with zero attached hydrogens (tertiary/aromatic N) is 2. The molecule has 5 fully saturated rings. The standard InChI is InChI=1S/C20H26N2O2/c23-19(22-3-5-24-6-4-22)17-1-2-21-18(10-17)20-11-14-7-15(12-20)9-16(8-14)13-20/h1-2,10,14-16H,3-9,11-13H2. The van der Waals surface area contributed by atoms with Gasteiger partial charge in [-0.25, -0.2) is 0 Å². The van der Waals surface area contributed by atoms with Crippen molar-refractivity contribution >= 4 is 5.91 Å². The number of ether oxygens (including phenoxy) is 1. The van der Waals surface area contributed by atoms with E-state index < -0.39 is 0 Å². The van der Waals surface area contributed by atoms with Crippen LogP contribution in [0.25, 0.3) is 0 Å². The molecule has 1 aliphatic heterocycles. The van der Waals surface area contributed by atoms with Crippen molar-refractivity contribution in [1.29, 1.82) is 0 Å². The fraction of sp³-hybridized carbons (Fsp3) is 0.700. The quantitative estimate of drug-likeness (QED) is 0.839. The lowest BCUT2D eigenvalue weighted by Crippen LogP contribution is -2.49. The van der Waals surface area contributed by atoms with Crippen LogP contribution in [0.5, 0.6) is 0 Å². The molecule has 1 aromatic rings. The molecular formula is C20H26N2O2. The molecule has 2 heterocycles. The first-order valence-corrected chi connectivity index (χ1v) is 9.55. The van der Waals surface area contributed by atoms with Crippen molar-refractivity contribution in [1.82, 2.24) is 9.88 Å². The summed E-state index contributed by atoms with van der Waals surface area (Å²) in [6.45, 7) is 2.71. The summed E-state index contributed by atoms with van der Waals surface area (Å²) in [5, 5.41) is 0. The summed E-state index contributed by atoms with van der Waals surface area (Å²) in [6, 6.07) is 4.01. The van der Waals surface area contributed by atoms with Crippen LogP contribution in [0.15, 0.2) is 18.3 Å². The van der Waals surface area contributed by atoms with E-state index in [1.54, 1.807) is 0 Å². The van der Waals surface area contributed by atoms with Gasteiger partial charge in [-0.15, -0.1) is 0 Å². The Labute approximate surface area is 143 Å². The Morgan fingerprint density at radius 1 is 1.08 bits per heavy atom. The van der Waals surface area contributed by atoms with Crippen LogP contribution >= 0.6 is 0 Å². The van der Waals surface area contributed by atoms with Crippen LogP contribution < -0.4 is 0 Å². The lowest BCUT2D eigenvalue weighted by molar-refractivity contribution is -0.00725. The molecule has 4 bridgehead atoms. The smallest absolute Gasteiger partial charge is 0.254 e. The number of hydrogen-bond acceptors (Lipinski definition) is 3. The Bertz CT molecular complexity index is 616. The average Bonchev–Trinajstić information content (AvgIpc) is 2.61. The molecule has 24 heavy (non-hydrogen) atoms. The molecule has 1 saturated heterocycles. The van der Waals surface area contributed by atoms with E-state index in [1.807, 2.05) is 17.2 Å². The molecule has 0 spiro atoms. The van der Waals surface area contributed by atoms with Gasteiger partial charge < -0.3 is 9.64 Å². The van der Waals surface area contributed by atoms with E-state index in [9.17, 15) is 4.79 Å². The third kappa shape index (κ3) is 2.38. The maximum absolute atomic E-state index is 12.8. The minimum absolute atomic E-state index is 0.145. The van der Waals surface area contributed by atoms with Gasteiger partial charge in [0.2, 0.25) is 0 Å². The highest BCUT2D eigenvalue weighted by Crippen LogP contribution is 2.60. The number of carbonyl (C=O) groups excluding carboxylic acids is 1. The van der Waals surface area contributed by atoms with Gasteiger partial charge in [0, 0.05) is 36.0 Å². The molecule has 0 radical (unpaired) electrons. The fourth-order valence-corrected chi connectivity index (χ4v) is 6.23. The second-order valence-corrected chi connectivity index (χ2v) is 8.53. The second kappa shape index (κ2) is 5.55. The summed E-state index contributed by atoms with van der Waals surface area (Å²) < 4.78 is 5.37. The van der Waals surface area contributed by atoms with Crippen LogP contribution in [-0.2, 0) is 10.2 Å². The average molecular weight is 326 g/mol. The molecule has 4 aliphatic carbocycles. The molecule has 128 valence electrons. The van der Waals surface area contributed by atoms with Gasteiger partial charge in [-0.1, -0.05) is 0 Å². The van der Waals surface area contributed by atoms with Crippen LogP contribution in [-0.4, -0.2) is 42.1 Å². The number of rotatable bonds is 2. The molecular weight excluding hydrogens is 300 g/mol. The summed E-state index contributed by atoms with van der Waals surface area (Å²) in [7, 11) is 0. The first kappa shape index (κ1) is 14.9. The van der Waals surface area contributed by atoms with E-state index in [0.717, 1.165) is 23.3 Å². The number of carbonyl (C=O) groups is 1. The van der Waals surface area contributed by atoms with Gasteiger partial charge in [0.15, 0.2) is 0 Å². The molecule has 0 N–H and O–H groups in total. The van der Waals surface area contributed by atoms with Crippen LogP contribution in [0.1, 0.15) is 54.6 Å². The lowest BCUT2D eigenvalue weighted by atomic mass is 9.48. The van der Waals surface area contributed by atoms with Crippen molar-refractivity contribution in [3.63, 3.8) is 0 Å². The monoisotopic (exact) mass is 326 g/mol.